The molecule has 0 bridgehead atoms. The Morgan fingerprint density at radius 1 is 1.17 bits per heavy atom. The largest absolute Gasteiger partial charge is 0.362 e. The minimum absolute atomic E-state index is 0.0594. The van der Waals surface area contributed by atoms with E-state index in [2.05, 4.69) is 61.9 Å². The molecule has 0 unspecified atom stereocenters. The number of aromatic nitrogens is 2. The molecule has 2 aromatic heterocycles. The summed E-state index contributed by atoms with van der Waals surface area (Å²) in [6, 6.07) is 13.5. The SMILES string of the molecule is CC(=O)Nc1ccc(N2C(=S)N[C@@H](c3ccccn3)[C@@H]2c2c(C)[nH]c(C)c2I)cc1. The summed E-state index contributed by atoms with van der Waals surface area (Å²) in [5.41, 5.74) is 6.12. The number of H-pyrrole nitrogens is 1. The minimum atomic E-state index is -0.0952. The van der Waals surface area contributed by atoms with Gasteiger partial charge in [0, 0.05) is 45.0 Å². The van der Waals surface area contributed by atoms with E-state index < -0.39 is 0 Å². The Balaban J connectivity index is 1.81. The normalized spacial score (nSPS) is 18.4. The van der Waals surface area contributed by atoms with E-state index in [1.165, 1.54) is 16.1 Å². The van der Waals surface area contributed by atoms with Crippen LogP contribution in [0.4, 0.5) is 11.4 Å². The lowest BCUT2D eigenvalue weighted by molar-refractivity contribution is -0.114. The molecule has 0 radical (unpaired) electrons. The van der Waals surface area contributed by atoms with Gasteiger partial charge in [0.2, 0.25) is 5.91 Å². The van der Waals surface area contributed by atoms with Gasteiger partial charge in [0.15, 0.2) is 5.11 Å². The Morgan fingerprint density at radius 2 is 1.90 bits per heavy atom. The van der Waals surface area contributed by atoms with Gasteiger partial charge in [0.25, 0.3) is 0 Å². The van der Waals surface area contributed by atoms with E-state index in [1.54, 1.807) is 0 Å². The Bertz CT molecular complexity index is 1100. The second-order valence-corrected chi connectivity index (χ2v) is 8.79. The van der Waals surface area contributed by atoms with Gasteiger partial charge < -0.3 is 20.5 Å². The summed E-state index contributed by atoms with van der Waals surface area (Å²) in [4.78, 5) is 21.6. The van der Waals surface area contributed by atoms with Gasteiger partial charge in [-0.05, 0) is 85.1 Å². The van der Waals surface area contributed by atoms with Gasteiger partial charge in [-0.3, -0.25) is 9.78 Å². The van der Waals surface area contributed by atoms with Gasteiger partial charge in [-0.1, -0.05) is 6.07 Å². The third-order valence-corrected chi connectivity index (χ3v) is 6.91. The van der Waals surface area contributed by atoms with Crippen molar-refractivity contribution in [1.29, 1.82) is 0 Å². The van der Waals surface area contributed by atoms with Crippen LogP contribution in [0.5, 0.6) is 0 Å². The number of carbonyl (C=O) groups excluding carboxylic acids is 1. The molecule has 1 saturated heterocycles. The highest BCUT2D eigenvalue weighted by atomic mass is 127. The molecule has 1 amide bonds. The van der Waals surface area contributed by atoms with Gasteiger partial charge in [0.05, 0.1) is 17.8 Å². The zero-order chi connectivity index (χ0) is 21.4. The maximum atomic E-state index is 11.4. The zero-order valence-corrected chi connectivity index (χ0v) is 19.8. The van der Waals surface area contributed by atoms with Crippen LogP contribution in [0.3, 0.4) is 0 Å². The van der Waals surface area contributed by atoms with E-state index in [0.717, 1.165) is 28.5 Å². The molecule has 1 fully saturated rings. The van der Waals surface area contributed by atoms with Crippen LogP contribution in [0.2, 0.25) is 0 Å². The lowest BCUT2D eigenvalue weighted by Crippen LogP contribution is -2.29. The summed E-state index contributed by atoms with van der Waals surface area (Å²) in [6.07, 6.45) is 1.81. The van der Waals surface area contributed by atoms with Gasteiger partial charge in [-0.25, -0.2) is 0 Å². The summed E-state index contributed by atoms with van der Waals surface area (Å²) in [5.74, 6) is -0.0952. The summed E-state index contributed by atoms with van der Waals surface area (Å²) < 4.78 is 1.20. The fraction of sp³-hybridized carbons (Fsp3) is 0.227. The Morgan fingerprint density at radius 3 is 2.47 bits per heavy atom. The number of aryl methyl sites for hydroxylation is 2. The molecule has 3 heterocycles. The smallest absolute Gasteiger partial charge is 0.221 e. The Hall–Kier alpha value is -2.46. The predicted octanol–water partition coefficient (Wildman–Crippen LogP) is 4.77. The van der Waals surface area contributed by atoms with Crippen molar-refractivity contribution < 1.29 is 4.79 Å². The number of rotatable bonds is 4. The van der Waals surface area contributed by atoms with E-state index in [-0.39, 0.29) is 18.0 Å². The molecule has 30 heavy (non-hydrogen) atoms. The molecule has 2 atom stereocenters. The van der Waals surface area contributed by atoms with Crippen LogP contribution in [0.15, 0.2) is 48.7 Å². The molecular weight excluding hydrogens is 509 g/mol. The number of amides is 1. The number of benzene rings is 1. The fourth-order valence-electron chi connectivity index (χ4n) is 3.96. The number of nitrogens with one attached hydrogen (secondary N) is 3. The average molecular weight is 531 g/mol. The van der Waals surface area contributed by atoms with Crippen molar-refractivity contribution >= 4 is 57.2 Å². The second kappa shape index (κ2) is 8.35. The number of aromatic amines is 1. The molecule has 3 aromatic rings. The molecule has 154 valence electrons. The summed E-state index contributed by atoms with van der Waals surface area (Å²) in [5, 5.41) is 6.95. The van der Waals surface area contributed by atoms with Gasteiger partial charge in [0.1, 0.15) is 0 Å². The van der Waals surface area contributed by atoms with E-state index >= 15 is 0 Å². The highest BCUT2D eigenvalue weighted by Gasteiger charge is 2.42. The number of hydrogen-bond acceptors (Lipinski definition) is 3. The Labute approximate surface area is 194 Å². The van der Waals surface area contributed by atoms with E-state index in [9.17, 15) is 4.79 Å². The van der Waals surface area contributed by atoms with Crippen LogP contribution in [-0.2, 0) is 4.79 Å². The monoisotopic (exact) mass is 531 g/mol. The van der Waals surface area contributed by atoms with Gasteiger partial charge in [-0.2, -0.15) is 0 Å². The highest BCUT2D eigenvalue weighted by molar-refractivity contribution is 14.1. The standard InChI is InChI=1S/C22H22IN5OS/c1-12-18(19(23)13(2)25-12)21-20(17-6-4-5-11-24-17)27-22(30)28(21)16-9-7-15(8-10-16)26-14(3)29/h4-11,20-21,25H,1-3H3,(H,26,29)(H,27,30)/t20-,21-/m0/s1. The van der Waals surface area contributed by atoms with Crippen LogP contribution in [0, 0.1) is 17.4 Å². The van der Waals surface area contributed by atoms with E-state index in [0.29, 0.717) is 5.11 Å². The molecule has 1 aliphatic rings. The van der Waals surface area contributed by atoms with Crippen molar-refractivity contribution in [3.05, 3.63) is 74.9 Å². The molecule has 6 nitrogen and oxygen atoms in total. The lowest BCUT2D eigenvalue weighted by atomic mass is 9.96. The maximum Gasteiger partial charge on any atom is 0.221 e. The van der Waals surface area contributed by atoms with Crippen molar-refractivity contribution in [2.45, 2.75) is 32.9 Å². The van der Waals surface area contributed by atoms with E-state index in [4.69, 9.17) is 12.2 Å². The van der Waals surface area contributed by atoms with Crippen molar-refractivity contribution in [2.24, 2.45) is 0 Å². The van der Waals surface area contributed by atoms with Crippen molar-refractivity contribution in [3.63, 3.8) is 0 Å². The third-order valence-electron chi connectivity index (χ3n) is 5.20. The van der Waals surface area contributed by atoms with Crippen LogP contribution < -0.4 is 15.5 Å². The molecule has 0 saturated carbocycles. The molecule has 0 spiro atoms. The molecule has 0 aliphatic carbocycles. The van der Waals surface area contributed by atoms with Crippen molar-refractivity contribution in [2.75, 3.05) is 10.2 Å². The van der Waals surface area contributed by atoms with Crippen molar-refractivity contribution in [1.82, 2.24) is 15.3 Å². The summed E-state index contributed by atoms with van der Waals surface area (Å²) >= 11 is 8.18. The zero-order valence-electron chi connectivity index (χ0n) is 16.9. The Kier molecular flexibility index (Phi) is 5.79. The number of halogens is 1. The van der Waals surface area contributed by atoms with Crippen molar-refractivity contribution in [3.8, 4) is 0 Å². The average Bonchev–Trinajstić information content (AvgIpc) is 3.18. The van der Waals surface area contributed by atoms with Gasteiger partial charge in [-0.15, -0.1) is 0 Å². The first-order valence-corrected chi connectivity index (χ1v) is 11.1. The number of anilines is 2. The minimum Gasteiger partial charge on any atom is -0.362 e. The third kappa shape index (κ3) is 3.81. The summed E-state index contributed by atoms with van der Waals surface area (Å²) in [6.45, 7) is 5.68. The van der Waals surface area contributed by atoms with Crippen LogP contribution >= 0.6 is 34.8 Å². The summed E-state index contributed by atoms with van der Waals surface area (Å²) in [7, 11) is 0. The first-order chi connectivity index (χ1) is 14.4. The van der Waals surface area contributed by atoms with Crippen LogP contribution in [0.25, 0.3) is 0 Å². The molecule has 4 rings (SSSR count). The fourth-order valence-corrected chi connectivity index (χ4v) is 5.16. The number of nitrogens with zero attached hydrogens (tertiary/aromatic N) is 2. The number of pyridine rings is 1. The molecule has 8 heteroatoms. The number of thiocarbonyl (C=S) groups is 1. The van der Waals surface area contributed by atoms with Crippen LogP contribution in [-0.4, -0.2) is 21.0 Å². The number of carbonyl (C=O) groups is 1. The molecule has 1 aliphatic heterocycles. The maximum absolute atomic E-state index is 11.4. The predicted molar refractivity (Wildman–Crippen MR) is 132 cm³/mol. The van der Waals surface area contributed by atoms with Gasteiger partial charge >= 0.3 is 0 Å². The second-order valence-electron chi connectivity index (χ2n) is 7.33. The molecular formula is C22H22IN5OS. The molecule has 3 N–H and O–H groups in total. The van der Waals surface area contributed by atoms with Crippen LogP contribution in [0.1, 0.15) is 41.7 Å². The number of hydrogen-bond donors (Lipinski definition) is 3. The first-order valence-electron chi connectivity index (χ1n) is 9.59. The quantitative estimate of drug-likeness (QED) is 0.335. The highest BCUT2D eigenvalue weighted by Crippen LogP contribution is 2.44. The molecule has 1 aromatic carbocycles. The lowest BCUT2D eigenvalue weighted by Gasteiger charge is -2.28. The first kappa shape index (κ1) is 20.8. The topological polar surface area (TPSA) is 73.1 Å². The van der Waals surface area contributed by atoms with E-state index in [1.807, 2.05) is 48.7 Å².